The first-order valence-electron chi connectivity index (χ1n) is 7.26. The van der Waals surface area contributed by atoms with Gasteiger partial charge in [0.1, 0.15) is 12.4 Å². The molecule has 3 rings (SSSR count). The van der Waals surface area contributed by atoms with Gasteiger partial charge in [-0.25, -0.2) is 4.98 Å². The van der Waals surface area contributed by atoms with E-state index in [1.165, 1.54) is 25.7 Å². The molecule has 0 aliphatic heterocycles. The van der Waals surface area contributed by atoms with Gasteiger partial charge in [-0.3, -0.25) is 4.40 Å². The van der Waals surface area contributed by atoms with Gasteiger partial charge in [0, 0.05) is 12.4 Å². The zero-order valence-electron chi connectivity index (χ0n) is 11.9. The minimum absolute atomic E-state index is 0.236. The van der Waals surface area contributed by atoms with Crippen molar-refractivity contribution in [3.05, 3.63) is 18.2 Å². The Morgan fingerprint density at radius 2 is 2.00 bits per heavy atom. The van der Waals surface area contributed by atoms with Crippen LogP contribution in [0.25, 0.3) is 5.65 Å². The van der Waals surface area contributed by atoms with Crippen molar-refractivity contribution >= 4 is 5.65 Å². The summed E-state index contributed by atoms with van der Waals surface area (Å²) in [5, 5.41) is 8.15. The van der Waals surface area contributed by atoms with Gasteiger partial charge in [0.05, 0.1) is 5.54 Å². The van der Waals surface area contributed by atoms with Crippen molar-refractivity contribution in [1.29, 1.82) is 0 Å². The smallest absolute Gasteiger partial charge is 0.260 e. The second-order valence-corrected chi connectivity index (χ2v) is 5.74. The van der Waals surface area contributed by atoms with E-state index in [0.717, 1.165) is 18.7 Å². The van der Waals surface area contributed by atoms with Gasteiger partial charge in [0.25, 0.3) is 5.88 Å². The van der Waals surface area contributed by atoms with Gasteiger partial charge in [-0.1, -0.05) is 25.7 Å². The second kappa shape index (κ2) is 5.36. The molecule has 0 saturated heterocycles. The largest absolute Gasteiger partial charge is 0.473 e. The molecular weight excluding hydrogens is 254 g/mol. The minimum atomic E-state index is -0.236. The van der Waals surface area contributed by atoms with Crippen LogP contribution in [0.4, 0.5) is 0 Å². The molecule has 6 nitrogen and oxygen atoms in total. The Morgan fingerprint density at radius 3 is 2.75 bits per heavy atom. The fourth-order valence-electron chi connectivity index (χ4n) is 2.81. The van der Waals surface area contributed by atoms with E-state index in [9.17, 15) is 0 Å². The molecule has 20 heavy (non-hydrogen) atoms. The SMILES string of the molecule is Cc1nnc2c(OCC3(N)CCCCCC3)nccn12. The van der Waals surface area contributed by atoms with E-state index in [2.05, 4.69) is 15.2 Å². The summed E-state index contributed by atoms with van der Waals surface area (Å²) < 4.78 is 7.74. The lowest BCUT2D eigenvalue weighted by Gasteiger charge is -2.27. The van der Waals surface area contributed by atoms with E-state index in [4.69, 9.17) is 10.5 Å². The first-order valence-corrected chi connectivity index (χ1v) is 7.26. The second-order valence-electron chi connectivity index (χ2n) is 5.74. The van der Waals surface area contributed by atoms with Crippen molar-refractivity contribution in [3.63, 3.8) is 0 Å². The summed E-state index contributed by atoms with van der Waals surface area (Å²) in [5.74, 6) is 1.34. The average molecular weight is 275 g/mol. The number of ether oxygens (including phenoxy) is 1. The molecule has 0 unspecified atom stereocenters. The molecule has 1 aliphatic carbocycles. The highest BCUT2D eigenvalue weighted by Crippen LogP contribution is 2.26. The van der Waals surface area contributed by atoms with Crippen molar-refractivity contribution in [2.24, 2.45) is 5.73 Å². The summed E-state index contributed by atoms with van der Waals surface area (Å²) in [5.41, 5.74) is 6.88. The van der Waals surface area contributed by atoms with Crippen molar-refractivity contribution < 1.29 is 4.74 Å². The van der Waals surface area contributed by atoms with Gasteiger partial charge in [-0.05, 0) is 19.8 Å². The molecule has 2 N–H and O–H groups in total. The summed E-state index contributed by atoms with van der Waals surface area (Å²) in [6.07, 6.45) is 10.5. The van der Waals surface area contributed by atoms with Crippen molar-refractivity contribution in [2.45, 2.75) is 51.0 Å². The molecule has 2 aromatic heterocycles. The molecule has 6 heteroatoms. The van der Waals surface area contributed by atoms with E-state index in [1.54, 1.807) is 6.20 Å². The highest BCUT2D eigenvalue weighted by Gasteiger charge is 2.27. The van der Waals surface area contributed by atoms with Crippen LogP contribution in [0.5, 0.6) is 5.88 Å². The molecule has 0 amide bonds. The van der Waals surface area contributed by atoms with E-state index in [0.29, 0.717) is 18.1 Å². The molecule has 108 valence electrons. The molecule has 0 bridgehead atoms. The van der Waals surface area contributed by atoms with Gasteiger partial charge in [0.2, 0.25) is 5.65 Å². The van der Waals surface area contributed by atoms with Crippen molar-refractivity contribution in [1.82, 2.24) is 19.6 Å². The molecular formula is C14H21N5O. The first-order chi connectivity index (χ1) is 9.68. The Bertz CT molecular complexity index is 586. The lowest BCUT2D eigenvalue weighted by Crippen LogP contribution is -2.45. The summed E-state index contributed by atoms with van der Waals surface area (Å²) in [6, 6.07) is 0. The van der Waals surface area contributed by atoms with Crippen LogP contribution in [0.15, 0.2) is 12.4 Å². The Kier molecular flexibility index (Phi) is 3.56. The van der Waals surface area contributed by atoms with E-state index in [1.807, 2.05) is 17.5 Å². The maximum absolute atomic E-state index is 6.46. The predicted molar refractivity (Wildman–Crippen MR) is 75.6 cm³/mol. The third kappa shape index (κ3) is 2.60. The number of hydrogen-bond donors (Lipinski definition) is 1. The van der Waals surface area contributed by atoms with Gasteiger partial charge < -0.3 is 10.5 Å². The summed E-state index contributed by atoms with van der Waals surface area (Å²) in [6.45, 7) is 2.39. The summed E-state index contributed by atoms with van der Waals surface area (Å²) in [7, 11) is 0. The van der Waals surface area contributed by atoms with Crippen LogP contribution >= 0.6 is 0 Å². The average Bonchev–Trinajstić information content (AvgIpc) is 2.69. The van der Waals surface area contributed by atoms with E-state index < -0.39 is 0 Å². The molecule has 0 aromatic carbocycles. The van der Waals surface area contributed by atoms with E-state index >= 15 is 0 Å². The Hall–Kier alpha value is -1.69. The van der Waals surface area contributed by atoms with Gasteiger partial charge in [-0.15, -0.1) is 10.2 Å². The molecule has 0 atom stereocenters. The zero-order chi connectivity index (χ0) is 14.0. The normalized spacial score (nSPS) is 18.9. The summed E-state index contributed by atoms with van der Waals surface area (Å²) in [4.78, 5) is 4.26. The Morgan fingerprint density at radius 1 is 1.25 bits per heavy atom. The van der Waals surface area contributed by atoms with Crippen molar-refractivity contribution in [3.8, 4) is 5.88 Å². The molecule has 2 aromatic rings. The molecule has 1 saturated carbocycles. The fraction of sp³-hybridized carbons (Fsp3) is 0.643. The predicted octanol–water partition coefficient (Wildman–Crippen LogP) is 1.86. The molecule has 2 heterocycles. The van der Waals surface area contributed by atoms with Crippen LogP contribution < -0.4 is 10.5 Å². The Labute approximate surface area is 118 Å². The maximum atomic E-state index is 6.46. The van der Waals surface area contributed by atoms with Gasteiger partial charge in [-0.2, -0.15) is 0 Å². The lowest BCUT2D eigenvalue weighted by molar-refractivity contribution is 0.194. The van der Waals surface area contributed by atoms with Crippen LogP contribution in [0.1, 0.15) is 44.3 Å². The number of nitrogens with zero attached hydrogens (tertiary/aromatic N) is 4. The van der Waals surface area contributed by atoms with Crippen LogP contribution in [0.3, 0.4) is 0 Å². The number of nitrogens with two attached hydrogens (primary N) is 1. The van der Waals surface area contributed by atoms with Crippen LogP contribution in [0.2, 0.25) is 0 Å². The van der Waals surface area contributed by atoms with Crippen LogP contribution in [-0.2, 0) is 0 Å². The zero-order valence-corrected chi connectivity index (χ0v) is 11.9. The fourth-order valence-corrected chi connectivity index (χ4v) is 2.81. The number of fused-ring (bicyclic) bond motifs is 1. The third-order valence-electron chi connectivity index (χ3n) is 4.06. The summed E-state index contributed by atoms with van der Waals surface area (Å²) >= 11 is 0. The molecule has 0 radical (unpaired) electrons. The molecule has 0 spiro atoms. The van der Waals surface area contributed by atoms with Crippen LogP contribution in [-0.4, -0.2) is 31.7 Å². The maximum Gasteiger partial charge on any atom is 0.260 e. The van der Waals surface area contributed by atoms with Gasteiger partial charge >= 0.3 is 0 Å². The lowest BCUT2D eigenvalue weighted by atomic mass is 9.93. The number of rotatable bonds is 3. The topological polar surface area (TPSA) is 78.3 Å². The third-order valence-corrected chi connectivity index (χ3v) is 4.06. The number of hydrogen-bond acceptors (Lipinski definition) is 5. The molecule has 1 aliphatic rings. The van der Waals surface area contributed by atoms with Crippen molar-refractivity contribution in [2.75, 3.05) is 6.61 Å². The number of aryl methyl sites for hydroxylation is 1. The quantitative estimate of drug-likeness (QED) is 0.865. The van der Waals surface area contributed by atoms with E-state index in [-0.39, 0.29) is 5.54 Å². The molecule has 1 fully saturated rings. The number of aromatic nitrogens is 4. The monoisotopic (exact) mass is 275 g/mol. The highest BCUT2D eigenvalue weighted by atomic mass is 16.5. The van der Waals surface area contributed by atoms with Crippen LogP contribution in [0, 0.1) is 6.92 Å². The minimum Gasteiger partial charge on any atom is -0.473 e. The highest BCUT2D eigenvalue weighted by molar-refractivity contribution is 5.48. The standard InChI is InChI=1S/C14H21N5O/c1-11-17-18-12-13(16-8-9-19(11)12)20-10-14(15)6-4-2-3-5-7-14/h8-9H,2-7,10,15H2,1H3. The Balaban J connectivity index is 1.76. The first kappa shape index (κ1) is 13.3. The van der Waals surface area contributed by atoms with Gasteiger partial charge in [0.15, 0.2) is 0 Å².